The molecule has 0 atom stereocenters. The minimum Gasteiger partial charge on any atom is -0.378 e. The Balaban J connectivity index is 2.17. The smallest absolute Gasteiger partial charge is 0.193 e. The fourth-order valence-electron chi connectivity index (χ4n) is 2.37. The van der Waals surface area contributed by atoms with Crippen molar-refractivity contribution in [3.63, 3.8) is 0 Å². The van der Waals surface area contributed by atoms with Crippen LogP contribution in [0.3, 0.4) is 0 Å². The number of allylic oxidation sites excluding steroid dienone is 2. The minimum atomic E-state index is -0.134. The van der Waals surface area contributed by atoms with Crippen molar-refractivity contribution in [2.75, 3.05) is 38.0 Å². The lowest BCUT2D eigenvalue weighted by atomic mass is 9.94. The Bertz CT molecular complexity index is 688. The van der Waals surface area contributed by atoms with E-state index >= 15 is 0 Å². The van der Waals surface area contributed by atoms with E-state index in [9.17, 15) is 4.79 Å². The molecule has 0 aliphatic carbocycles. The highest BCUT2D eigenvalue weighted by molar-refractivity contribution is 6.41. The molecule has 0 unspecified atom stereocenters. The number of nitrogens with zero attached hydrogens (tertiary/aromatic N) is 2. The molecule has 3 heteroatoms. The van der Waals surface area contributed by atoms with Crippen molar-refractivity contribution in [3.8, 4) is 0 Å². The second kappa shape index (κ2) is 7.18. The maximum absolute atomic E-state index is 12.7. The molecule has 0 saturated carbocycles. The van der Waals surface area contributed by atoms with Crippen LogP contribution >= 0.6 is 0 Å². The molecule has 0 spiro atoms. The summed E-state index contributed by atoms with van der Waals surface area (Å²) < 4.78 is 0. The van der Waals surface area contributed by atoms with Gasteiger partial charge in [0.2, 0.25) is 0 Å². The average Bonchev–Trinajstić information content (AvgIpc) is 2.60. The Labute approximate surface area is 144 Å². The van der Waals surface area contributed by atoms with Gasteiger partial charge in [-0.2, -0.15) is 0 Å². The summed E-state index contributed by atoms with van der Waals surface area (Å²) >= 11 is 0. The summed E-state index contributed by atoms with van der Waals surface area (Å²) in [6.07, 6.45) is 0. The van der Waals surface area contributed by atoms with E-state index in [2.05, 4.69) is 13.2 Å². The maximum atomic E-state index is 12.7. The second-order valence-electron chi connectivity index (χ2n) is 6.17. The zero-order valence-electron chi connectivity index (χ0n) is 14.8. The van der Waals surface area contributed by atoms with Crippen LogP contribution in [0.15, 0.2) is 61.7 Å². The largest absolute Gasteiger partial charge is 0.378 e. The molecule has 24 heavy (non-hydrogen) atoms. The highest BCUT2D eigenvalue weighted by Crippen LogP contribution is 2.25. The molecular formula is C21H24N2O. The van der Waals surface area contributed by atoms with E-state index in [1.54, 1.807) is 0 Å². The van der Waals surface area contributed by atoms with E-state index < -0.39 is 0 Å². The highest BCUT2D eigenvalue weighted by Gasteiger charge is 2.15. The molecule has 0 fully saturated rings. The predicted octanol–water partition coefficient (Wildman–Crippen LogP) is 4.11. The summed E-state index contributed by atoms with van der Waals surface area (Å²) in [5, 5.41) is 0. The second-order valence-corrected chi connectivity index (χ2v) is 6.17. The summed E-state index contributed by atoms with van der Waals surface area (Å²) in [5.74, 6) is -0.134. The first-order valence-electron chi connectivity index (χ1n) is 7.79. The van der Waals surface area contributed by atoms with Gasteiger partial charge in [-0.05, 0) is 35.4 Å². The van der Waals surface area contributed by atoms with Crippen molar-refractivity contribution in [1.29, 1.82) is 0 Å². The first-order chi connectivity index (χ1) is 11.3. The molecule has 0 aliphatic heterocycles. The van der Waals surface area contributed by atoms with Crippen LogP contribution in [-0.4, -0.2) is 34.0 Å². The summed E-state index contributed by atoms with van der Waals surface area (Å²) in [6.45, 7) is 7.92. The van der Waals surface area contributed by atoms with Crippen LogP contribution in [0.4, 0.5) is 11.4 Å². The normalized spacial score (nSPS) is 10.2. The number of carbonyl (C=O) groups is 1. The van der Waals surface area contributed by atoms with Crippen LogP contribution in [0, 0.1) is 0 Å². The first-order valence-corrected chi connectivity index (χ1v) is 7.79. The molecule has 0 amide bonds. The van der Waals surface area contributed by atoms with Gasteiger partial charge in [-0.3, -0.25) is 4.79 Å². The zero-order valence-corrected chi connectivity index (χ0v) is 14.8. The van der Waals surface area contributed by atoms with Crippen LogP contribution in [0.5, 0.6) is 0 Å². The Morgan fingerprint density at radius 1 is 0.667 bits per heavy atom. The number of Topliss-reactive ketones (excluding diaryl/α,β-unsaturated/α-hetero) is 1. The van der Waals surface area contributed by atoms with Crippen molar-refractivity contribution in [3.05, 3.63) is 72.8 Å². The molecule has 0 saturated heterocycles. The number of ketones is 1. The van der Waals surface area contributed by atoms with E-state index in [1.807, 2.05) is 86.5 Å². The quantitative estimate of drug-likeness (QED) is 0.748. The standard InChI is InChI=1S/C21H24N2O/c1-15(17-7-11-19(12-8-17)22(3)4)21(24)16(2)18-9-13-20(14-10-18)23(5)6/h7-14H,1-2H2,3-6H3. The fourth-order valence-corrected chi connectivity index (χ4v) is 2.37. The van der Waals surface area contributed by atoms with Crippen LogP contribution in [0.25, 0.3) is 11.1 Å². The number of hydrogen-bond donors (Lipinski definition) is 0. The summed E-state index contributed by atoms with van der Waals surface area (Å²) in [5.41, 5.74) is 4.71. The van der Waals surface area contributed by atoms with Gasteiger partial charge in [0.05, 0.1) is 0 Å². The molecule has 2 aromatic rings. The van der Waals surface area contributed by atoms with Crippen LogP contribution < -0.4 is 9.80 Å². The Morgan fingerprint density at radius 3 is 1.21 bits per heavy atom. The Hall–Kier alpha value is -2.81. The number of anilines is 2. The van der Waals surface area contributed by atoms with Crippen molar-refractivity contribution in [2.24, 2.45) is 0 Å². The van der Waals surface area contributed by atoms with Crippen molar-refractivity contribution in [1.82, 2.24) is 0 Å². The zero-order chi connectivity index (χ0) is 17.9. The number of benzene rings is 2. The fraction of sp³-hybridized carbons (Fsp3) is 0.190. The molecule has 2 aromatic carbocycles. The molecular weight excluding hydrogens is 296 g/mol. The topological polar surface area (TPSA) is 23.6 Å². The number of carbonyl (C=O) groups excluding carboxylic acids is 1. The summed E-state index contributed by atoms with van der Waals surface area (Å²) in [7, 11) is 7.92. The molecule has 124 valence electrons. The SMILES string of the molecule is C=C(C(=O)C(=C)c1ccc(N(C)C)cc1)c1ccc(N(C)C)cc1. The van der Waals surface area contributed by atoms with Gasteiger partial charge in [0, 0.05) is 50.7 Å². The van der Waals surface area contributed by atoms with E-state index in [1.165, 1.54) is 0 Å². The third-order valence-electron chi connectivity index (χ3n) is 4.01. The molecule has 0 radical (unpaired) electrons. The van der Waals surface area contributed by atoms with E-state index in [4.69, 9.17) is 0 Å². The Kier molecular flexibility index (Phi) is 5.24. The average molecular weight is 320 g/mol. The lowest BCUT2D eigenvalue weighted by Gasteiger charge is -2.15. The lowest BCUT2D eigenvalue weighted by Crippen LogP contribution is -2.09. The maximum Gasteiger partial charge on any atom is 0.193 e. The molecule has 0 bridgehead atoms. The van der Waals surface area contributed by atoms with Gasteiger partial charge in [-0.1, -0.05) is 37.4 Å². The van der Waals surface area contributed by atoms with Crippen molar-refractivity contribution >= 4 is 28.3 Å². The monoisotopic (exact) mass is 320 g/mol. The molecule has 0 aromatic heterocycles. The van der Waals surface area contributed by atoms with E-state index in [-0.39, 0.29) is 5.78 Å². The predicted molar refractivity (Wildman–Crippen MR) is 105 cm³/mol. The van der Waals surface area contributed by atoms with Crippen molar-refractivity contribution < 1.29 is 4.79 Å². The van der Waals surface area contributed by atoms with Crippen LogP contribution in [-0.2, 0) is 4.79 Å². The number of rotatable bonds is 6. The summed E-state index contributed by atoms with van der Waals surface area (Å²) in [6, 6.07) is 15.6. The van der Waals surface area contributed by atoms with Gasteiger partial charge in [0.1, 0.15) is 0 Å². The van der Waals surface area contributed by atoms with E-state index in [0.717, 1.165) is 22.5 Å². The first kappa shape index (κ1) is 17.5. The number of hydrogen-bond acceptors (Lipinski definition) is 3. The summed E-state index contributed by atoms with van der Waals surface area (Å²) in [4.78, 5) is 16.7. The molecule has 2 rings (SSSR count). The third kappa shape index (κ3) is 3.74. The van der Waals surface area contributed by atoms with Gasteiger partial charge < -0.3 is 9.80 Å². The van der Waals surface area contributed by atoms with Gasteiger partial charge >= 0.3 is 0 Å². The molecule has 0 aliphatic rings. The molecule has 0 heterocycles. The highest BCUT2D eigenvalue weighted by atomic mass is 16.1. The van der Waals surface area contributed by atoms with Gasteiger partial charge in [-0.15, -0.1) is 0 Å². The Morgan fingerprint density at radius 2 is 0.958 bits per heavy atom. The lowest BCUT2D eigenvalue weighted by molar-refractivity contribution is -0.108. The van der Waals surface area contributed by atoms with E-state index in [0.29, 0.717) is 11.1 Å². The van der Waals surface area contributed by atoms with Gasteiger partial charge in [0.25, 0.3) is 0 Å². The third-order valence-corrected chi connectivity index (χ3v) is 4.01. The van der Waals surface area contributed by atoms with Crippen LogP contribution in [0.2, 0.25) is 0 Å². The van der Waals surface area contributed by atoms with Crippen LogP contribution in [0.1, 0.15) is 11.1 Å². The minimum absolute atomic E-state index is 0.134. The molecule has 3 nitrogen and oxygen atoms in total. The van der Waals surface area contributed by atoms with Gasteiger partial charge in [0.15, 0.2) is 5.78 Å². The van der Waals surface area contributed by atoms with Gasteiger partial charge in [-0.25, -0.2) is 0 Å². The van der Waals surface area contributed by atoms with Crippen molar-refractivity contribution in [2.45, 2.75) is 0 Å². The molecule has 0 N–H and O–H groups in total.